The van der Waals surface area contributed by atoms with E-state index >= 15 is 0 Å². The second kappa shape index (κ2) is 5.31. The number of rotatable bonds is 2. The molecule has 2 aromatic rings. The zero-order valence-corrected chi connectivity index (χ0v) is 12.0. The third-order valence-corrected chi connectivity index (χ3v) is 3.84. The van der Waals surface area contributed by atoms with Gasteiger partial charge in [-0.2, -0.15) is 0 Å². The number of benzene rings is 1. The van der Waals surface area contributed by atoms with Gasteiger partial charge in [-0.25, -0.2) is 4.98 Å². The number of pyridine rings is 1. The van der Waals surface area contributed by atoms with E-state index in [9.17, 15) is 0 Å². The summed E-state index contributed by atoms with van der Waals surface area (Å²) in [6, 6.07) is 9.98. The van der Waals surface area contributed by atoms with E-state index in [4.69, 9.17) is 16.7 Å². The van der Waals surface area contributed by atoms with Gasteiger partial charge in [-0.3, -0.25) is 0 Å². The summed E-state index contributed by atoms with van der Waals surface area (Å²) in [5, 5.41) is 9.70. The molecule has 1 aromatic heterocycles. The number of anilines is 3. The SMILES string of the molecule is CN1CCN(c2ncc(CO)cc2Cl)c2ccccc21. The van der Waals surface area contributed by atoms with Crippen molar-refractivity contribution in [3.8, 4) is 0 Å². The number of likely N-dealkylation sites (N-methyl/N-ethyl adjacent to an activating group) is 1. The number of fused-ring (bicyclic) bond motifs is 1. The van der Waals surface area contributed by atoms with E-state index in [-0.39, 0.29) is 6.61 Å². The van der Waals surface area contributed by atoms with Crippen LogP contribution in [-0.2, 0) is 6.61 Å². The van der Waals surface area contributed by atoms with Gasteiger partial charge in [0.05, 0.1) is 23.0 Å². The summed E-state index contributed by atoms with van der Waals surface area (Å²) in [6.45, 7) is 1.70. The molecule has 5 heteroatoms. The number of aliphatic hydroxyl groups excluding tert-OH is 1. The van der Waals surface area contributed by atoms with Crippen LogP contribution in [0.1, 0.15) is 5.56 Å². The van der Waals surface area contributed by atoms with Crippen molar-refractivity contribution < 1.29 is 5.11 Å². The predicted molar refractivity (Wildman–Crippen MR) is 81.9 cm³/mol. The Morgan fingerprint density at radius 3 is 2.70 bits per heavy atom. The average molecular weight is 290 g/mol. The minimum Gasteiger partial charge on any atom is -0.392 e. The highest BCUT2D eigenvalue weighted by Crippen LogP contribution is 2.38. The predicted octanol–water partition coefficient (Wildman–Crippen LogP) is 2.82. The maximum atomic E-state index is 9.14. The van der Waals surface area contributed by atoms with E-state index in [0.717, 1.165) is 30.2 Å². The molecule has 0 radical (unpaired) electrons. The molecule has 104 valence electrons. The zero-order chi connectivity index (χ0) is 14.1. The topological polar surface area (TPSA) is 39.6 Å². The Kier molecular flexibility index (Phi) is 3.51. The van der Waals surface area contributed by atoms with Crippen LogP contribution in [0, 0.1) is 0 Å². The van der Waals surface area contributed by atoms with Crippen molar-refractivity contribution in [2.45, 2.75) is 6.61 Å². The summed E-state index contributed by atoms with van der Waals surface area (Å²) in [6.07, 6.45) is 1.67. The molecule has 0 fully saturated rings. The van der Waals surface area contributed by atoms with Gasteiger partial charge in [0, 0.05) is 26.3 Å². The highest BCUT2D eigenvalue weighted by atomic mass is 35.5. The molecule has 20 heavy (non-hydrogen) atoms. The molecule has 0 unspecified atom stereocenters. The Bertz CT molecular complexity index is 632. The van der Waals surface area contributed by atoms with Gasteiger partial charge in [0.25, 0.3) is 0 Å². The highest BCUT2D eigenvalue weighted by molar-refractivity contribution is 6.33. The number of aliphatic hydroxyl groups is 1. The van der Waals surface area contributed by atoms with E-state index in [1.807, 2.05) is 12.1 Å². The van der Waals surface area contributed by atoms with Crippen LogP contribution in [0.5, 0.6) is 0 Å². The molecule has 0 atom stereocenters. The van der Waals surface area contributed by atoms with Crippen molar-refractivity contribution in [3.63, 3.8) is 0 Å². The first-order valence-corrected chi connectivity index (χ1v) is 6.91. The third-order valence-electron chi connectivity index (χ3n) is 3.56. The van der Waals surface area contributed by atoms with Crippen molar-refractivity contribution in [1.82, 2.24) is 4.98 Å². The lowest BCUT2D eigenvalue weighted by Gasteiger charge is -2.36. The molecule has 0 spiro atoms. The Hall–Kier alpha value is -1.78. The second-order valence-corrected chi connectivity index (χ2v) is 5.28. The van der Waals surface area contributed by atoms with E-state index in [1.54, 1.807) is 12.3 Å². The molecule has 3 rings (SSSR count). The van der Waals surface area contributed by atoms with Crippen LogP contribution in [0.2, 0.25) is 5.02 Å². The van der Waals surface area contributed by atoms with Gasteiger partial charge in [-0.15, -0.1) is 0 Å². The summed E-state index contributed by atoms with van der Waals surface area (Å²) in [7, 11) is 2.08. The third kappa shape index (κ3) is 2.21. The number of halogens is 1. The van der Waals surface area contributed by atoms with Gasteiger partial charge < -0.3 is 14.9 Å². The number of hydrogen-bond acceptors (Lipinski definition) is 4. The number of para-hydroxylation sites is 2. The van der Waals surface area contributed by atoms with E-state index in [2.05, 4.69) is 34.0 Å². The summed E-state index contributed by atoms with van der Waals surface area (Å²) in [5.41, 5.74) is 3.00. The molecule has 0 saturated carbocycles. The summed E-state index contributed by atoms with van der Waals surface area (Å²) in [5.74, 6) is 0.740. The van der Waals surface area contributed by atoms with Gasteiger partial charge in [-0.05, 0) is 23.8 Å². The summed E-state index contributed by atoms with van der Waals surface area (Å²) in [4.78, 5) is 8.76. The molecular formula is C15H16ClN3O. The minimum absolute atomic E-state index is 0.0493. The fourth-order valence-electron chi connectivity index (χ4n) is 2.48. The van der Waals surface area contributed by atoms with Crippen LogP contribution < -0.4 is 9.80 Å². The average Bonchev–Trinajstić information content (AvgIpc) is 2.48. The zero-order valence-electron chi connectivity index (χ0n) is 11.3. The van der Waals surface area contributed by atoms with Crippen LogP contribution in [-0.4, -0.2) is 30.2 Å². The lowest BCUT2D eigenvalue weighted by atomic mass is 10.1. The van der Waals surface area contributed by atoms with E-state index < -0.39 is 0 Å². The molecule has 1 aliphatic heterocycles. The molecule has 1 aromatic carbocycles. The standard InChI is InChI=1S/C15H16ClN3O/c1-18-6-7-19(14-5-3-2-4-13(14)18)15-12(16)8-11(10-20)9-17-15/h2-5,8-9,20H,6-7,10H2,1H3. The quantitative estimate of drug-likeness (QED) is 0.923. The lowest BCUT2D eigenvalue weighted by Crippen LogP contribution is -2.36. The smallest absolute Gasteiger partial charge is 0.151 e. The van der Waals surface area contributed by atoms with E-state index in [1.165, 1.54) is 5.69 Å². The van der Waals surface area contributed by atoms with Gasteiger partial charge in [0.2, 0.25) is 0 Å². The van der Waals surface area contributed by atoms with E-state index in [0.29, 0.717) is 5.02 Å². The van der Waals surface area contributed by atoms with Crippen molar-refractivity contribution >= 4 is 28.8 Å². The summed E-state index contributed by atoms with van der Waals surface area (Å²) < 4.78 is 0. The molecule has 0 bridgehead atoms. The van der Waals surface area contributed by atoms with Crippen LogP contribution >= 0.6 is 11.6 Å². The van der Waals surface area contributed by atoms with Gasteiger partial charge in [0.15, 0.2) is 5.82 Å². The molecule has 2 heterocycles. The number of nitrogens with zero attached hydrogens (tertiary/aromatic N) is 3. The molecule has 0 aliphatic carbocycles. The largest absolute Gasteiger partial charge is 0.392 e. The van der Waals surface area contributed by atoms with Crippen LogP contribution in [0.3, 0.4) is 0 Å². The maximum absolute atomic E-state index is 9.14. The summed E-state index contributed by atoms with van der Waals surface area (Å²) >= 11 is 6.32. The Balaban J connectivity index is 2.05. The van der Waals surface area contributed by atoms with Gasteiger partial charge in [0.1, 0.15) is 0 Å². The first kappa shape index (κ1) is 13.2. The normalized spacial score (nSPS) is 14.3. The molecule has 1 N–H and O–H groups in total. The van der Waals surface area contributed by atoms with Crippen molar-refractivity contribution in [2.24, 2.45) is 0 Å². The minimum atomic E-state index is -0.0493. The highest BCUT2D eigenvalue weighted by Gasteiger charge is 2.23. The van der Waals surface area contributed by atoms with Crippen molar-refractivity contribution in [3.05, 3.63) is 47.1 Å². The molecule has 0 saturated heterocycles. The fourth-order valence-corrected chi connectivity index (χ4v) is 2.77. The van der Waals surface area contributed by atoms with Gasteiger partial charge >= 0.3 is 0 Å². The van der Waals surface area contributed by atoms with Crippen LogP contribution in [0.25, 0.3) is 0 Å². The van der Waals surface area contributed by atoms with Crippen LogP contribution in [0.15, 0.2) is 36.5 Å². The Morgan fingerprint density at radius 1 is 1.25 bits per heavy atom. The molecule has 0 amide bonds. The molecule has 1 aliphatic rings. The van der Waals surface area contributed by atoms with Crippen LogP contribution in [0.4, 0.5) is 17.2 Å². The molecular weight excluding hydrogens is 274 g/mol. The first-order valence-electron chi connectivity index (χ1n) is 6.53. The number of aromatic nitrogens is 1. The van der Waals surface area contributed by atoms with Gasteiger partial charge in [-0.1, -0.05) is 23.7 Å². The Morgan fingerprint density at radius 2 is 2.00 bits per heavy atom. The maximum Gasteiger partial charge on any atom is 0.151 e. The first-order chi connectivity index (χ1) is 9.70. The van der Waals surface area contributed by atoms with Crippen molar-refractivity contribution in [1.29, 1.82) is 0 Å². The Labute approximate surface area is 123 Å². The van der Waals surface area contributed by atoms with Crippen molar-refractivity contribution in [2.75, 3.05) is 29.9 Å². The lowest BCUT2D eigenvalue weighted by molar-refractivity contribution is 0.281. The number of hydrogen-bond donors (Lipinski definition) is 1. The monoisotopic (exact) mass is 289 g/mol. The fraction of sp³-hybridized carbons (Fsp3) is 0.267. The molecule has 4 nitrogen and oxygen atoms in total. The second-order valence-electron chi connectivity index (χ2n) is 4.87.